The molecule has 2 fully saturated rings. The van der Waals surface area contributed by atoms with Crippen LogP contribution in [0.3, 0.4) is 0 Å². The summed E-state index contributed by atoms with van der Waals surface area (Å²) >= 11 is 0. The maximum Gasteiger partial charge on any atom is 0.147 e. The molecule has 1 heterocycles. The van der Waals surface area contributed by atoms with Crippen molar-refractivity contribution in [3.8, 4) is 6.07 Å². The molecule has 4 heteroatoms. The van der Waals surface area contributed by atoms with Crippen molar-refractivity contribution in [2.45, 2.75) is 50.2 Å². The fourth-order valence-corrected chi connectivity index (χ4v) is 3.38. The molecule has 1 aliphatic carbocycles. The first-order chi connectivity index (χ1) is 9.71. The Morgan fingerprint density at radius 1 is 1.35 bits per heavy atom. The summed E-state index contributed by atoms with van der Waals surface area (Å²) in [6, 6.07) is 6.44. The van der Waals surface area contributed by atoms with Crippen LogP contribution in [-0.2, 0) is 4.74 Å². The van der Waals surface area contributed by atoms with Gasteiger partial charge in [0.1, 0.15) is 5.82 Å². The van der Waals surface area contributed by atoms with E-state index in [1.807, 2.05) is 6.07 Å². The number of nitriles is 1. The Kier molecular flexibility index (Phi) is 3.62. The highest BCUT2D eigenvalue weighted by Gasteiger charge is 2.41. The van der Waals surface area contributed by atoms with Crippen molar-refractivity contribution in [3.63, 3.8) is 0 Å². The molecule has 1 atom stereocenters. The summed E-state index contributed by atoms with van der Waals surface area (Å²) in [5.74, 6) is -0.377. The summed E-state index contributed by atoms with van der Waals surface area (Å²) in [5.41, 5.74) is 0.908. The molecule has 1 aromatic carbocycles. The molecule has 1 saturated carbocycles. The second kappa shape index (κ2) is 5.41. The van der Waals surface area contributed by atoms with E-state index in [1.165, 1.54) is 31.7 Å². The van der Waals surface area contributed by atoms with Gasteiger partial charge in [-0.3, -0.25) is 0 Å². The summed E-state index contributed by atoms with van der Waals surface area (Å²) in [6.07, 6.45) is 7.24. The topological polar surface area (TPSA) is 45.0 Å². The Labute approximate surface area is 118 Å². The highest BCUT2D eigenvalue weighted by Crippen LogP contribution is 2.43. The average Bonchev–Trinajstić information content (AvgIpc) is 3.08. The van der Waals surface area contributed by atoms with Gasteiger partial charge in [-0.1, -0.05) is 12.8 Å². The van der Waals surface area contributed by atoms with Gasteiger partial charge in [-0.05, 0) is 43.9 Å². The molecule has 1 N–H and O–H groups in total. The van der Waals surface area contributed by atoms with Crippen LogP contribution in [0.5, 0.6) is 0 Å². The lowest BCUT2D eigenvalue weighted by Gasteiger charge is -2.24. The standard InChI is InChI=1S/C16H19FN2O/c17-14-9-12(10-18)3-4-15(14)19-11-13-5-8-16(20-13)6-1-2-7-16/h3-4,9,13,19H,1-2,5-8,11H2. The van der Waals surface area contributed by atoms with E-state index in [9.17, 15) is 4.39 Å². The van der Waals surface area contributed by atoms with Crippen LogP contribution < -0.4 is 5.32 Å². The fraction of sp³-hybridized carbons (Fsp3) is 0.562. The molecule has 3 nitrogen and oxygen atoms in total. The Balaban J connectivity index is 1.57. The molecule has 1 aromatic rings. The molecule has 1 spiro atoms. The SMILES string of the molecule is N#Cc1ccc(NCC2CCC3(CCCC3)O2)c(F)c1. The van der Waals surface area contributed by atoms with Crippen LogP contribution in [0, 0.1) is 17.1 Å². The van der Waals surface area contributed by atoms with Gasteiger partial charge in [0.15, 0.2) is 0 Å². The van der Waals surface area contributed by atoms with Crippen molar-refractivity contribution in [1.82, 2.24) is 0 Å². The number of rotatable bonds is 3. The predicted octanol–water partition coefficient (Wildman–Crippen LogP) is 3.60. The van der Waals surface area contributed by atoms with Gasteiger partial charge in [0.25, 0.3) is 0 Å². The largest absolute Gasteiger partial charge is 0.380 e. The van der Waals surface area contributed by atoms with Gasteiger partial charge in [0, 0.05) is 6.54 Å². The Hall–Kier alpha value is -1.60. The summed E-state index contributed by atoms with van der Waals surface area (Å²) in [6.45, 7) is 0.630. The number of nitrogens with one attached hydrogen (secondary N) is 1. The minimum Gasteiger partial charge on any atom is -0.380 e. The molecule has 20 heavy (non-hydrogen) atoms. The highest BCUT2D eigenvalue weighted by molar-refractivity contribution is 5.48. The molecule has 1 unspecified atom stereocenters. The second-order valence-corrected chi connectivity index (χ2v) is 5.86. The molecule has 106 valence electrons. The van der Waals surface area contributed by atoms with Gasteiger partial charge in [-0.25, -0.2) is 4.39 Å². The predicted molar refractivity (Wildman–Crippen MR) is 74.9 cm³/mol. The second-order valence-electron chi connectivity index (χ2n) is 5.86. The van der Waals surface area contributed by atoms with E-state index in [4.69, 9.17) is 10.00 Å². The first-order valence-corrected chi connectivity index (χ1v) is 7.32. The van der Waals surface area contributed by atoms with Crippen molar-refractivity contribution >= 4 is 5.69 Å². The number of benzene rings is 1. The zero-order valence-corrected chi connectivity index (χ0v) is 11.5. The highest BCUT2D eigenvalue weighted by atomic mass is 19.1. The quantitative estimate of drug-likeness (QED) is 0.916. The van der Waals surface area contributed by atoms with E-state index >= 15 is 0 Å². The van der Waals surface area contributed by atoms with Gasteiger partial charge in [-0.15, -0.1) is 0 Å². The van der Waals surface area contributed by atoms with E-state index in [-0.39, 0.29) is 17.5 Å². The smallest absolute Gasteiger partial charge is 0.147 e. The molecule has 0 aromatic heterocycles. The Bertz CT molecular complexity index is 532. The van der Waals surface area contributed by atoms with Crippen LogP contribution in [0.15, 0.2) is 18.2 Å². The lowest BCUT2D eigenvalue weighted by Crippen LogP contribution is -2.28. The molecular formula is C16H19FN2O. The third kappa shape index (κ3) is 2.64. The van der Waals surface area contributed by atoms with Crippen LogP contribution in [0.1, 0.15) is 44.1 Å². The zero-order valence-electron chi connectivity index (χ0n) is 11.5. The van der Waals surface area contributed by atoms with Gasteiger partial charge >= 0.3 is 0 Å². The van der Waals surface area contributed by atoms with Crippen LogP contribution in [0.2, 0.25) is 0 Å². The maximum absolute atomic E-state index is 13.8. The van der Waals surface area contributed by atoms with Crippen molar-refractivity contribution in [2.75, 3.05) is 11.9 Å². The van der Waals surface area contributed by atoms with Gasteiger partial charge in [-0.2, -0.15) is 5.26 Å². The van der Waals surface area contributed by atoms with Crippen LogP contribution in [0.25, 0.3) is 0 Å². The first-order valence-electron chi connectivity index (χ1n) is 7.32. The number of nitrogens with zero attached hydrogens (tertiary/aromatic N) is 1. The van der Waals surface area contributed by atoms with Gasteiger partial charge in [0.05, 0.1) is 29.0 Å². The summed E-state index contributed by atoms with van der Waals surface area (Å²) in [5, 5.41) is 11.8. The van der Waals surface area contributed by atoms with Crippen molar-refractivity contribution in [3.05, 3.63) is 29.6 Å². The number of ether oxygens (including phenoxy) is 1. The molecular weight excluding hydrogens is 255 g/mol. The lowest BCUT2D eigenvalue weighted by atomic mass is 9.98. The molecule has 3 rings (SSSR count). The summed E-state index contributed by atoms with van der Waals surface area (Å²) < 4.78 is 19.9. The number of hydrogen-bond donors (Lipinski definition) is 1. The molecule has 0 bridgehead atoms. The van der Waals surface area contributed by atoms with E-state index in [1.54, 1.807) is 12.1 Å². The van der Waals surface area contributed by atoms with Gasteiger partial charge < -0.3 is 10.1 Å². The van der Waals surface area contributed by atoms with Crippen LogP contribution in [0.4, 0.5) is 10.1 Å². The first kappa shape index (κ1) is 13.4. The fourth-order valence-electron chi connectivity index (χ4n) is 3.38. The number of halogens is 1. The van der Waals surface area contributed by atoms with Crippen molar-refractivity contribution in [1.29, 1.82) is 5.26 Å². The van der Waals surface area contributed by atoms with Crippen LogP contribution >= 0.6 is 0 Å². The van der Waals surface area contributed by atoms with Crippen molar-refractivity contribution in [2.24, 2.45) is 0 Å². The summed E-state index contributed by atoms with van der Waals surface area (Å²) in [4.78, 5) is 0. The number of anilines is 1. The maximum atomic E-state index is 13.8. The zero-order chi connectivity index (χ0) is 14.0. The normalized spacial score (nSPS) is 23.9. The minimum atomic E-state index is -0.377. The average molecular weight is 274 g/mol. The summed E-state index contributed by atoms with van der Waals surface area (Å²) in [7, 11) is 0. The molecule has 1 saturated heterocycles. The monoisotopic (exact) mass is 274 g/mol. The van der Waals surface area contributed by atoms with E-state index in [0.29, 0.717) is 17.8 Å². The van der Waals surface area contributed by atoms with Crippen LogP contribution in [-0.4, -0.2) is 18.2 Å². The minimum absolute atomic E-state index is 0.121. The molecule has 0 amide bonds. The Morgan fingerprint density at radius 2 is 2.15 bits per heavy atom. The van der Waals surface area contributed by atoms with E-state index in [2.05, 4.69) is 5.32 Å². The molecule has 0 radical (unpaired) electrons. The lowest BCUT2D eigenvalue weighted by molar-refractivity contribution is -0.0307. The van der Waals surface area contributed by atoms with E-state index < -0.39 is 0 Å². The third-order valence-electron chi connectivity index (χ3n) is 4.47. The number of hydrogen-bond acceptors (Lipinski definition) is 3. The molecule has 2 aliphatic rings. The Morgan fingerprint density at radius 3 is 2.85 bits per heavy atom. The van der Waals surface area contributed by atoms with E-state index in [0.717, 1.165) is 12.8 Å². The third-order valence-corrected chi connectivity index (χ3v) is 4.47. The molecule has 1 aliphatic heterocycles. The van der Waals surface area contributed by atoms with Crippen molar-refractivity contribution < 1.29 is 9.13 Å². The van der Waals surface area contributed by atoms with Gasteiger partial charge in [0.2, 0.25) is 0 Å².